The molecule has 2 rings (SSSR count). The second-order valence-electron chi connectivity index (χ2n) is 3.53. The standard InChI is InChI=1S/C11H11Cl2N3/c1-16-10(14-15-11(16)7-12)6-8-2-4-9(13)5-3-8/h2-5H,6-7H2,1H3. The van der Waals surface area contributed by atoms with Crippen molar-refractivity contribution in [3.05, 3.63) is 46.5 Å². The number of hydrogen-bond acceptors (Lipinski definition) is 2. The van der Waals surface area contributed by atoms with E-state index in [1.54, 1.807) is 0 Å². The third kappa shape index (κ3) is 2.36. The summed E-state index contributed by atoms with van der Waals surface area (Å²) in [6.07, 6.45) is 0.734. The molecule has 2 aromatic rings. The quantitative estimate of drug-likeness (QED) is 0.790. The Morgan fingerprint density at radius 1 is 1.12 bits per heavy atom. The van der Waals surface area contributed by atoms with Crippen molar-refractivity contribution in [3.8, 4) is 0 Å². The van der Waals surface area contributed by atoms with Crippen LogP contribution in [-0.4, -0.2) is 14.8 Å². The number of halogens is 2. The average Bonchev–Trinajstić information content (AvgIpc) is 2.63. The molecule has 0 aliphatic carbocycles. The molecule has 0 fully saturated rings. The smallest absolute Gasteiger partial charge is 0.147 e. The Hall–Kier alpha value is -1.06. The van der Waals surface area contributed by atoms with E-state index in [1.807, 2.05) is 35.9 Å². The van der Waals surface area contributed by atoms with Crippen molar-refractivity contribution in [3.63, 3.8) is 0 Å². The number of benzene rings is 1. The van der Waals surface area contributed by atoms with E-state index < -0.39 is 0 Å². The largest absolute Gasteiger partial charge is 0.317 e. The maximum absolute atomic E-state index is 5.82. The maximum atomic E-state index is 5.82. The van der Waals surface area contributed by atoms with Gasteiger partial charge in [0, 0.05) is 18.5 Å². The molecule has 1 aromatic carbocycles. The van der Waals surface area contributed by atoms with E-state index in [9.17, 15) is 0 Å². The summed E-state index contributed by atoms with van der Waals surface area (Å²) in [6, 6.07) is 7.71. The first kappa shape index (κ1) is 11.4. The van der Waals surface area contributed by atoms with Gasteiger partial charge in [-0.25, -0.2) is 0 Å². The summed E-state index contributed by atoms with van der Waals surface area (Å²) >= 11 is 11.6. The number of hydrogen-bond donors (Lipinski definition) is 0. The Morgan fingerprint density at radius 2 is 1.75 bits per heavy atom. The molecule has 5 heteroatoms. The molecule has 84 valence electrons. The first-order chi connectivity index (χ1) is 7.70. The van der Waals surface area contributed by atoms with Gasteiger partial charge in [0.05, 0.1) is 5.88 Å². The first-order valence-corrected chi connectivity index (χ1v) is 5.79. The second kappa shape index (κ2) is 4.85. The minimum Gasteiger partial charge on any atom is -0.317 e. The molecular formula is C11H11Cl2N3. The van der Waals surface area contributed by atoms with Gasteiger partial charge < -0.3 is 4.57 Å². The lowest BCUT2D eigenvalue weighted by Crippen LogP contribution is -2.01. The zero-order valence-electron chi connectivity index (χ0n) is 8.82. The van der Waals surface area contributed by atoms with Crippen molar-refractivity contribution >= 4 is 23.2 Å². The Labute approximate surface area is 104 Å². The van der Waals surface area contributed by atoms with Gasteiger partial charge in [0.2, 0.25) is 0 Å². The van der Waals surface area contributed by atoms with Crippen LogP contribution in [0.1, 0.15) is 17.2 Å². The fraction of sp³-hybridized carbons (Fsp3) is 0.273. The van der Waals surface area contributed by atoms with Crippen molar-refractivity contribution in [2.75, 3.05) is 0 Å². The van der Waals surface area contributed by atoms with Crippen LogP contribution in [0.5, 0.6) is 0 Å². The van der Waals surface area contributed by atoms with E-state index in [2.05, 4.69) is 10.2 Å². The monoisotopic (exact) mass is 255 g/mol. The van der Waals surface area contributed by atoms with Crippen LogP contribution in [0.3, 0.4) is 0 Å². The topological polar surface area (TPSA) is 30.7 Å². The number of rotatable bonds is 3. The summed E-state index contributed by atoms with van der Waals surface area (Å²) < 4.78 is 1.92. The van der Waals surface area contributed by atoms with Crippen LogP contribution >= 0.6 is 23.2 Å². The van der Waals surface area contributed by atoms with Gasteiger partial charge in [-0.1, -0.05) is 23.7 Å². The average molecular weight is 256 g/mol. The van der Waals surface area contributed by atoms with Crippen LogP contribution in [0, 0.1) is 0 Å². The summed E-state index contributed by atoms with van der Waals surface area (Å²) in [5.74, 6) is 2.06. The van der Waals surface area contributed by atoms with Crippen LogP contribution in [0.25, 0.3) is 0 Å². The Balaban J connectivity index is 2.20. The van der Waals surface area contributed by atoms with Gasteiger partial charge in [0.15, 0.2) is 0 Å². The zero-order valence-corrected chi connectivity index (χ0v) is 10.3. The third-order valence-electron chi connectivity index (χ3n) is 2.45. The summed E-state index contributed by atoms with van der Waals surface area (Å²) in [5.41, 5.74) is 1.15. The molecule has 0 saturated heterocycles. The van der Waals surface area contributed by atoms with Gasteiger partial charge >= 0.3 is 0 Å². The van der Waals surface area contributed by atoms with Gasteiger partial charge in [0.1, 0.15) is 11.6 Å². The number of alkyl halides is 1. The van der Waals surface area contributed by atoms with Crippen LogP contribution in [0.15, 0.2) is 24.3 Å². The lowest BCUT2D eigenvalue weighted by molar-refractivity contribution is 0.790. The molecule has 0 atom stereocenters. The molecule has 0 spiro atoms. The van der Waals surface area contributed by atoms with E-state index in [1.165, 1.54) is 0 Å². The van der Waals surface area contributed by atoms with Gasteiger partial charge in [-0.15, -0.1) is 21.8 Å². The van der Waals surface area contributed by atoms with Gasteiger partial charge in [-0.2, -0.15) is 0 Å². The maximum Gasteiger partial charge on any atom is 0.147 e. The number of aromatic nitrogens is 3. The number of nitrogens with zero attached hydrogens (tertiary/aromatic N) is 3. The molecule has 16 heavy (non-hydrogen) atoms. The molecule has 0 unspecified atom stereocenters. The minimum absolute atomic E-state index is 0.379. The van der Waals surface area contributed by atoms with Crippen LogP contribution in [0.2, 0.25) is 5.02 Å². The summed E-state index contributed by atoms with van der Waals surface area (Å²) in [6.45, 7) is 0. The normalized spacial score (nSPS) is 10.7. The summed E-state index contributed by atoms with van der Waals surface area (Å²) in [5, 5.41) is 8.84. The van der Waals surface area contributed by atoms with Gasteiger partial charge in [-0.3, -0.25) is 0 Å². The van der Waals surface area contributed by atoms with Crippen molar-refractivity contribution in [2.24, 2.45) is 7.05 Å². The summed E-state index contributed by atoms with van der Waals surface area (Å²) in [7, 11) is 1.92. The highest BCUT2D eigenvalue weighted by Crippen LogP contribution is 2.13. The lowest BCUT2D eigenvalue weighted by atomic mass is 10.1. The van der Waals surface area contributed by atoms with Gasteiger partial charge in [-0.05, 0) is 17.7 Å². The van der Waals surface area contributed by atoms with Crippen LogP contribution < -0.4 is 0 Å². The van der Waals surface area contributed by atoms with Crippen molar-refractivity contribution in [1.82, 2.24) is 14.8 Å². The van der Waals surface area contributed by atoms with Crippen molar-refractivity contribution < 1.29 is 0 Å². The molecule has 3 nitrogen and oxygen atoms in total. The highest BCUT2D eigenvalue weighted by Gasteiger charge is 2.07. The van der Waals surface area contributed by atoms with E-state index >= 15 is 0 Å². The fourth-order valence-electron chi connectivity index (χ4n) is 1.45. The Morgan fingerprint density at radius 3 is 2.31 bits per heavy atom. The molecule has 0 bridgehead atoms. The van der Waals surface area contributed by atoms with Crippen molar-refractivity contribution in [2.45, 2.75) is 12.3 Å². The fourth-order valence-corrected chi connectivity index (χ4v) is 1.81. The third-order valence-corrected chi connectivity index (χ3v) is 2.94. The first-order valence-electron chi connectivity index (χ1n) is 4.88. The Bertz CT molecular complexity index is 476. The van der Waals surface area contributed by atoms with E-state index in [0.29, 0.717) is 5.88 Å². The Kier molecular flexibility index (Phi) is 3.46. The van der Waals surface area contributed by atoms with E-state index in [0.717, 1.165) is 28.7 Å². The molecule has 1 aromatic heterocycles. The molecule has 0 saturated carbocycles. The zero-order chi connectivity index (χ0) is 11.5. The van der Waals surface area contributed by atoms with E-state index in [-0.39, 0.29) is 0 Å². The summed E-state index contributed by atoms with van der Waals surface area (Å²) in [4.78, 5) is 0. The highest BCUT2D eigenvalue weighted by molar-refractivity contribution is 6.30. The molecule has 0 aliphatic heterocycles. The molecule has 0 aliphatic rings. The predicted molar refractivity (Wildman–Crippen MR) is 64.8 cm³/mol. The highest BCUT2D eigenvalue weighted by atomic mass is 35.5. The van der Waals surface area contributed by atoms with E-state index in [4.69, 9.17) is 23.2 Å². The van der Waals surface area contributed by atoms with Gasteiger partial charge in [0.25, 0.3) is 0 Å². The molecule has 0 radical (unpaired) electrons. The lowest BCUT2D eigenvalue weighted by Gasteiger charge is -2.02. The molecule has 0 amide bonds. The minimum atomic E-state index is 0.379. The van der Waals surface area contributed by atoms with Crippen LogP contribution in [-0.2, 0) is 19.3 Å². The second-order valence-corrected chi connectivity index (χ2v) is 4.23. The molecular weight excluding hydrogens is 245 g/mol. The molecule has 0 N–H and O–H groups in total. The van der Waals surface area contributed by atoms with Crippen molar-refractivity contribution in [1.29, 1.82) is 0 Å². The predicted octanol–water partition coefficient (Wildman–Crippen LogP) is 2.80. The van der Waals surface area contributed by atoms with Crippen LogP contribution in [0.4, 0.5) is 0 Å². The SMILES string of the molecule is Cn1c(CCl)nnc1Cc1ccc(Cl)cc1. The molecule has 1 heterocycles.